The van der Waals surface area contributed by atoms with Crippen LogP contribution in [0.5, 0.6) is 0 Å². The van der Waals surface area contributed by atoms with E-state index in [1.807, 2.05) is 12.1 Å². The molecule has 6 heteroatoms. The molecule has 2 heterocycles. The zero-order chi connectivity index (χ0) is 18.1. The highest BCUT2D eigenvalue weighted by molar-refractivity contribution is 5.36. The SMILES string of the molecule is Cn1ccnc(N2CCCC(NC3CC(c4ccc(F)cc4)C3)C2)c1=O. The van der Waals surface area contributed by atoms with Gasteiger partial charge in [-0.25, -0.2) is 9.37 Å². The first-order chi connectivity index (χ1) is 12.6. The van der Waals surface area contributed by atoms with Crippen LogP contribution in [0.25, 0.3) is 0 Å². The van der Waals surface area contributed by atoms with Crippen molar-refractivity contribution in [3.63, 3.8) is 0 Å². The highest BCUT2D eigenvalue weighted by atomic mass is 19.1. The predicted molar refractivity (Wildman–Crippen MR) is 100 cm³/mol. The van der Waals surface area contributed by atoms with Crippen LogP contribution in [-0.2, 0) is 7.05 Å². The molecular weight excluding hydrogens is 331 g/mol. The molecule has 1 aliphatic carbocycles. The predicted octanol–water partition coefficient (Wildman–Crippen LogP) is 2.42. The Kier molecular flexibility index (Phi) is 4.76. The maximum Gasteiger partial charge on any atom is 0.293 e. The van der Waals surface area contributed by atoms with E-state index in [-0.39, 0.29) is 11.4 Å². The molecule has 2 aliphatic rings. The van der Waals surface area contributed by atoms with Gasteiger partial charge in [0.25, 0.3) is 5.56 Å². The summed E-state index contributed by atoms with van der Waals surface area (Å²) in [5, 5.41) is 3.75. The first kappa shape index (κ1) is 17.2. The van der Waals surface area contributed by atoms with E-state index in [1.54, 1.807) is 36.1 Å². The van der Waals surface area contributed by atoms with Crippen molar-refractivity contribution >= 4 is 5.82 Å². The van der Waals surface area contributed by atoms with Gasteiger partial charge in [-0.2, -0.15) is 0 Å². The Labute approximate surface area is 152 Å². The van der Waals surface area contributed by atoms with Crippen molar-refractivity contribution in [2.24, 2.45) is 7.05 Å². The summed E-state index contributed by atoms with van der Waals surface area (Å²) >= 11 is 0. The summed E-state index contributed by atoms with van der Waals surface area (Å²) in [5.74, 6) is 0.904. The number of nitrogens with one attached hydrogen (secondary N) is 1. The normalized spacial score (nSPS) is 25.8. The second-order valence-corrected chi connectivity index (χ2v) is 7.54. The summed E-state index contributed by atoms with van der Waals surface area (Å²) in [5.41, 5.74) is 1.19. The highest BCUT2D eigenvalue weighted by Gasteiger charge is 2.33. The molecule has 0 bridgehead atoms. The van der Waals surface area contributed by atoms with Gasteiger partial charge in [-0.15, -0.1) is 0 Å². The van der Waals surface area contributed by atoms with Crippen LogP contribution in [0.4, 0.5) is 10.2 Å². The first-order valence-electron chi connectivity index (χ1n) is 9.38. The number of piperidine rings is 1. The number of rotatable bonds is 4. The molecule has 1 unspecified atom stereocenters. The molecule has 1 N–H and O–H groups in total. The van der Waals surface area contributed by atoms with Gasteiger partial charge in [0.15, 0.2) is 5.82 Å². The van der Waals surface area contributed by atoms with E-state index in [1.165, 1.54) is 5.56 Å². The third-order valence-electron chi connectivity index (χ3n) is 5.67. The Morgan fingerprint density at radius 2 is 1.96 bits per heavy atom. The summed E-state index contributed by atoms with van der Waals surface area (Å²) in [7, 11) is 1.76. The lowest BCUT2D eigenvalue weighted by Gasteiger charge is -2.41. The van der Waals surface area contributed by atoms with Crippen molar-refractivity contribution in [2.75, 3.05) is 18.0 Å². The van der Waals surface area contributed by atoms with Crippen LogP contribution in [0.3, 0.4) is 0 Å². The van der Waals surface area contributed by atoms with Gasteiger partial charge in [0.1, 0.15) is 5.82 Å². The van der Waals surface area contributed by atoms with Crippen LogP contribution in [0.2, 0.25) is 0 Å². The van der Waals surface area contributed by atoms with Gasteiger partial charge in [0.2, 0.25) is 0 Å². The van der Waals surface area contributed by atoms with Crippen LogP contribution in [0.15, 0.2) is 41.5 Å². The second kappa shape index (κ2) is 7.19. The number of halogens is 1. The fraction of sp³-hybridized carbons (Fsp3) is 0.500. The number of aromatic nitrogens is 2. The van der Waals surface area contributed by atoms with Gasteiger partial charge in [0, 0.05) is 44.6 Å². The Bertz CT molecular complexity index is 813. The summed E-state index contributed by atoms with van der Waals surface area (Å²) in [6.45, 7) is 1.71. The van der Waals surface area contributed by atoms with Gasteiger partial charge >= 0.3 is 0 Å². The van der Waals surface area contributed by atoms with Crippen molar-refractivity contribution < 1.29 is 4.39 Å². The van der Waals surface area contributed by atoms with Gasteiger partial charge in [-0.1, -0.05) is 12.1 Å². The summed E-state index contributed by atoms with van der Waals surface area (Å²) in [6, 6.07) is 7.77. The number of benzene rings is 1. The molecule has 1 aromatic heterocycles. The largest absolute Gasteiger partial charge is 0.350 e. The van der Waals surface area contributed by atoms with E-state index in [0.29, 0.717) is 23.8 Å². The third-order valence-corrected chi connectivity index (χ3v) is 5.67. The molecular formula is C20H25FN4O. The third kappa shape index (κ3) is 3.51. The lowest BCUT2D eigenvalue weighted by Crippen LogP contribution is -2.53. The Hall–Kier alpha value is -2.21. The van der Waals surface area contributed by atoms with E-state index in [2.05, 4.69) is 15.2 Å². The first-order valence-corrected chi connectivity index (χ1v) is 9.38. The van der Waals surface area contributed by atoms with Gasteiger partial charge in [-0.05, 0) is 49.3 Å². The molecule has 4 rings (SSSR count). The highest BCUT2D eigenvalue weighted by Crippen LogP contribution is 2.37. The average Bonchev–Trinajstić information content (AvgIpc) is 2.61. The number of hydrogen-bond acceptors (Lipinski definition) is 4. The van der Waals surface area contributed by atoms with Crippen molar-refractivity contribution in [3.8, 4) is 0 Å². The minimum Gasteiger partial charge on any atom is -0.350 e. The molecule has 0 spiro atoms. The zero-order valence-corrected chi connectivity index (χ0v) is 15.1. The number of hydrogen-bond donors (Lipinski definition) is 1. The van der Waals surface area contributed by atoms with Gasteiger partial charge in [-0.3, -0.25) is 4.79 Å². The Morgan fingerprint density at radius 1 is 1.19 bits per heavy atom. The Morgan fingerprint density at radius 3 is 2.73 bits per heavy atom. The van der Waals surface area contributed by atoms with E-state index in [4.69, 9.17) is 0 Å². The molecule has 5 nitrogen and oxygen atoms in total. The zero-order valence-electron chi connectivity index (χ0n) is 15.1. The summed E-state index contributed by atoms with van der Waals surface area (Å²) in [4.78, 5) is 18.7. The molecule has 138 valence electrons. The van der Waals surface area contributed by atoms with Crippen LogP contribution >= 0.6 is 0 Å². The van der Waals surface area contributed by atoms with Crippen molar-refractivity contribution in [1.82, 2.24) is 14.9 Å². The molecule has 1 aliphatic heterocycles. The number of anilines is 1. The fourth-order valence-electron chi connectivity index (χ4n) is 4.10. The topological polar surface area (TPSA) is 50.2 Å². The molecule has 26 heavy (non-hydrogen) atoms. The van der Waals surface area contributed by atoms with Gasteiger partial charge < -0.3 is 14.8 Å². The van der Waals surface area contributed by atoms with Crippen LogP contribution in [0, 0.1) is 5.82 Å². The molecule has 1 aromatic carbocycles. The minimum absolute atomic E-state index is 0.0341. The van der Waals surface area contributed by atoms with Crippen molar-refractivity contribution in [1.29, 1.82) is 0 Å². The van der Waals surface area contributed by atoms with Gasteiger partial charge in [0.05, 0.1) is 0 Å². The van der Waals surface area contributed by atoms with Crippen LogP contribution < -0.4 is 15.8 Å². The van der Waals surface area contributed by atoms with Crippen LogP contribution in [-0.4, -0.2) is 34.7 Å². The summed E-state index contributed by atoms with van der Waals surface area (Å²) < 4.78 is 14.6. The lowest BCUT2D eigenvalue weighted by molar-refractivity contribution is 0.251. The van der Waals surface area contributed by atoms with E-state index >= 15 is 0 Å². The molecule has 2 fully saturated rings. The lowest BCUT2D eigenvalue weighted by atomic mass is 9.75. The molecule has 2 aromatic rings. The van der Waals surface area contributed by atoms with E-state index in [0.717, 1.165) is 38.8 Å². The Balaban J connectivity index is 1.33. The van der Waals surface area contributed by atoms with E-state index < -0.39 is 0 Å². The standard InChI is InChI=1S/C20H25FN4O/c1-24-10-8-22-19(20(24)26)25-9-2-3-17(13-25)23-18-11-15(12-18)14-4-6-16(21)7-5-14/h4-8,10,15,17-18,23H,2-3,9,11-13H2,1H3. The minimum atomic E-state index is -0.175. The van der Waals surface area contributed by atoms with E-state index in [9.17, 15) is 9.18 Å². The molecule has 1 atom stereocenters. The number of aryl methyl sites for hydroxylation is 1. The van der Waals surface area contributed by atoms with Crippen LogP contribution in [0.1, 0.15) is 37.2 Å². The number of nitrogens with zero attached hydrogens (tertiary/aromatic N) is 3. The maximum atomic E-state index is 13.0. The monoisotopic (exact) mass is 356 g/mol. The van der Waals surface area contributed by atoms with Crippen molar-refractivity contribution in [3.05, 3.63) is 58.4 Å². The second-order valence-electron chi connectivity index (χ2n) is 7.54. The fourth-order valence-corrected chi connectivity index (χ4v) is 4.10. The molecule has 0 amide bonds. The average molecular weight is 356 g/mol. The van der Waals surface area contributed by atoms with Crippen molar-refractivity contribution in [2.45, 2.75) is 43.7 Å². The molecule has 0 radical (unpaired) electrons. The molecule has 1 saturated carbocycles. The summed E-state index contributed by atoms with van der Waals surface area (Å²) in [6.07, 6.45) is 7.75. The maximum absolute atomic E-state index is 13.0. The quantitative estimate of drug-likeness (QED) is 0.914. The smallest absolute Gasteiger partial charge is 0.293 e. The molecule has 1 saturated heterocycles.